The molecule has 0 atom stereocenters. The molecule has 0 amide bonds. The third-order valence-corrected chi connectivity index (χ3v) is 2.62. The van der Waals surface area contributed by atoms with E-state index in [1.54, 1.807) is 6.92 Å². The molecule has 1 aromatic carbocycles. The highest BCUT2D eigenvalue weighted by Gasteiger charge is 2.38. The van der Waals surface area contributed by atoms with Gasteiger partial charge in [-0.1, -0.05) is 5.16 Å². The molecule has 0 fully saturated rings. The average Bonchev–Trinajstić information content (AvgIpc) is 3.02. The number of carbonyl (C=O) groups is 1. The highest BCUT2D eigenvalue weighted by atomic mass is 19.4. The number of rotatable bonds is 1. The van der Waals surface area contributed by atoms with Crippen LogP contribution in [0.5, 0.6) is 0 Å². The van der Waals surface area contributed by atoms with Crippen LogP contribution < -0.4 is 0 Å². The van der Waals surface area contributed by atoms with Crippen LogP contribution >= 0.6 is 0 Å². The number of hydrogen-bond acceptors (Lipinski definition) is 5. The maximum atomic E-state index is 10.6. The number of carboxylic acids is 1. The van der Waals surface area contributed by atoms with Crippen molar-refractivity contribution >= 4 is 17.0 Å². The first-order chi connectivity index (χ1) is 10.7. The number of nitrogens with zero attached hydrogens (tertiary/aromatic N) is 3. The van der Waals surface area contributed by atoms with Crippen molar-refractivity contribution in [1.29, 1.82) is 0 Å². The molecule has 2 aromatic heterocycles. The minimum atomic E-state index is -5.08. The van der Waals surface area contributed by atoms with Crippen molar-refractivity contribution < 1.29 is 27.6 Å². The number of aromatic amines is 1. The van der Waals surface area contributed by atoms with Gasteiger partial charge >= 0.3 is 12.1 Å². The van der Waals surface area contributed by atoms with Crippen molar-refractivity contribution in [2.45, 2.75) is 20.0 Å². The molecule has 23 heavy (non-hydrogen) atoms. The molecule has 10 heteroatoms. The summed E-state index contributed by atoms with van der Waals surface area (Å²) in [7, 11) is 0. The highest BCUT2D eigenvalue weighted by Crippen LogP contribution is 2.21. The Morgan fingerprint density at radius 1 is 1.26 bits per heavy atom. The Morgan fingerprint density at radius 2 is 1.91 bits per heavy atom. The normalized spacial score (nSPS) is 11.2. The summed E-state index contributed by atoms with van der Waals surface area (Å²) in [4.78, 5) is 20.6. The van der Waals surface area contributed by atoms with Crippen LogP contribution in [0, 0.1) is 13.8 Å². The van der Waals surface area contributed by atoms with Gasteiger partial charge in [-0.15, -0.1) is 0 Å². The number of aryl methyl sites for hydroxylation is 2. The molecule has 0 radical (unpaired) electrons. The molecule has 0 unspecified atom stereocenters. The second-order valence-electron chi connectivity index (χ2n) is 4.50. The Hall–Kier alpha value is -2.91. The van der Waals surface area contributed by atoms with E-state index in [4.69, 9.17) is 14.4 Å². The Bertz CT molecular complexity index is 838. The van der Waals surface area contributed by atoms with E-state index in [9.17, 15) is 13.2 Å². The first-order valence-electron chi connectivity index (χ1n) is 6.24. The monoisotopic (exact) mass is 328 g/mol. The summed E-state index contributed by atoms with van der Waals surface area (Å²) < 4.78 is 36.8. The largest absolute Gasteiger partial charge is 0.490 e. The first-order valence-corrected chi connectivity index (χ1v) is 6.24. The zero-order valence-corrected chi connectivity index (χ0v) is 12.0. The van der Waals surface area contributed by atoms with Crippen LogP contribution in [0.1, 0.15) is 11.6 Å². The zero-order valence-electron chi connectivity index (χ0n) is 12.0. The fraction of sp³-hybridized carbons (Fsp3) is 0.231. The topological polar surface area (TPSA) is 105 Å². The quantitative estimate of drug-likeness (QED) is 0.711. The predicted octanol–water partition coefficient (Wildman–Crippen LogP) is 2.86. The van der Waals surface area contributed by atoms with Crippen molar-refractivity contribution in [3.8, 4) is 11.5 Å². The van der Waals surface area contributed by atoms with Gasteiger partial charge in [0.25, 0.3) is 5.89 Å². The lowest BCUT2D eigenvalue weighted by atomic mass is 10.2. The third-order valence-electron chi connectivity index (χ3n) is 2.62. The molecule has 2 N–H and O–H groups in total. The fourth-order valence-corrected chi connectivity index (χ4v) is 1.68. The Balaban J connectivity index is 0.000000236. The van der Waals surface area contributed by atoms with Crippen molar-refractivity contribution in [1.82, 2.24) is 20.1 Å². The first kappa shape index (κ1) is 16.5. The van der Waals surface area contributed by atoms with E-state index in [0.29, 0.717) is 11.7 Å². The van der Waals surface area contributed by atoms with Gasteiger partial charge in [0.05, 0.1) is 11.0 Å². The van der Waals surface area contributed by atoms with Crippen molar-refractivity contribution in [2.75, 3.05) is 0 Å². The van der Waals surface area contributed by atoms with Gasteiger partial charge in [0.2, 0.25) is 0 Å². The summed E-state index contributed by atoms with van der Waals surface area (Å²) in [6.45, 7) is 3.72. The van der Waals surface area contributed by atoms with Crippen molar-refractivity contribution in [3.05, 3.63) is 29.8 Å². The number of carboxylic acid groups (broad SMARTS) is 1. The number of aliphatic carboxylic acids is 1. The molecule has 0 spiro atoms. The molecular formula is C13H11F3N4O3. The molecule has 0 aliphatic carbocycles. The van der Waals surface area contributed by atoms with Crippen molar-refractivity contribution in [2.24, 2.45) is 0 Å². The smallest absolute Gasteiger partial charge is 0.475 e. The standard InChI is InChI=1S/C11H10N4O.C2HF3O2/c1-6-12-9-4-3-8(5-10(9)13-6)11-14-7(2)15-16-11;3-2(4,5)1(6)7/h3-5H,1-2H3,(H,12,13);(H,6,7). The van der Waals surface area contributed by atoms with Crippen LogP contribution in [0.4, 0.5) is 13.2 Å². The number of hydrogen-bond donors (Lipinski definition) is 2. The lowest BCUT2D eigenvalue weighted by Crippen LogP contribution is -2.21. The van der Waals surface area contributed by atoms with E-state index < -0.39 is 12.1 Å². The van der Waals surface area contributed by atoms with E-state index in [0.717, 1.165) is 22.4 Å². The minimum absolute atomic E-state index is 0.534. The van der Waals surface area contributed by atoms with Gasteiger partial charge < -0.3 is 14.6 Å². The van der Waals surface area contributed by atoms with E-state index >= 15 is 0 Å². The second kappa shape index (κ2) is 6.07. The van der Waals surface area contributed by atoms with E-state index in [-0.39, 0.29) is 0 Å². The number of H-pyrrole nitrogens is 1. The molecule has 0 aliphatic heterocycles. The van der Waals surface area contributed by atoms with Crippen LogP contribution in [0.25, 0.3) is 22.5 Å². The van der Waals surface area contributed by atoms with Gasteiger partial charge in [-0.2, -0.15) is 18.2 Å². The summed E-state index contributed by atoms with van der Waals surface area (Å²) in [5.74, 6) is -0.691. The van der Waals surface area contributed by atoms with Gasteiger partial charge in [0.15, 0.2) is 5.82 Å². The Labute approximate surface area is 127 Å². The van der Waals surface area contributed by atoms with E-state index in [1.165, 1.54) is 0 Å². The van der Waals surface area contributed by atoms with Gasteiger partial charge in [-0.3, -0.25) is 0 Å². The van der Waals surface area contributed by atoms with Crippen LogP contribution in [0.2, 0.25) is 0 Å². The van der Waals surface area contributed by atoms with E-state index in [2.05, 4.69) is 20.1 Å². The molecule has 3 aromatic rings. The lowest BCUT2D eigenvalue weighted by molar-refractivity contribution is -0.192. The van der Waals surface area contributed by atoms with Gasteiger partial charge in [-0.25, -0.2) is 9.78 Å². The summed E-state index contributed by atoms with van der Waals surface area (Å²) in [6, 6.07) is 5.82. The molecule has 7 nitrogen and oxygen atoms in total. The SMILES string of the molecule is Cc1noc(-c2ccc3nc(C)[nH]c3c2)n1.O=C(O)C(F)(F)F. The van der Waals surface area contributed by atoms with Crippen LogP contribution in [-0.4, -0.2) is 37.4 Å². The number of halogens is 3. The van der Waals surface area contributed by atoms with E-state index in [1.807, 2.05) is 25.1 Å². The van der Waals surface area contributed by atoms with Crippen LogP contribution in [-0.2, 0) is 4.79 Å². The average molecular weight is 328 g/mol. The number of nitrogens with one attached hydrogen (secondary N) is 1. The summed E-state index contributed by atoms with van der Waals surface area (Å²) in [6.07, 6.45) is -5.08. The molecule has 0 saturated carbocycles. The maximum absolute atomic E-state index is 10.6. The van der Waals surface area contributed by atoms with Gasteiger partial charge in [0, 0.05) is 5.56 Å². The van der Waals surface area contributed by atoms with Crippen LogP contribution in [0.3, 0.4) is 0 Å². The second-order valence-corrected chi connectivity index (χ2v) is 4.50. The van der Waals surface area contributed by atoms with Gasteiger partial charge in [-0.05, 0) is 32.0 Å². The molecule has 3 rings (SSSR count). The predicted molar refractivity (Wildman–Crippen MR) is 72.6 cm³/mol. The summed E-state index contributed by atoms with van der Waals surface area (Å²) in [5.41, 5.74) is 2.82. The number of aromatic nitrogens is 4. The molecule has 0 bridgehead atoms. The zero-order chi connectivity index (χ0) is 17.2. The summed E-state index contributed by atoms with van der Waals surface area (Å²) in [5, 5.41) is 10.9. The maximum Gasteiger partial charge on any atom is 0.490 e. The molecular weight excluding hydrogens is 317 g/mol. The minimum Gasteiger partial charge on any atom is -0.475 e. The molecule has 2 heterocycles. The molecule has 122 valence electrons. The highest BCUT2D eigenvalue weighted by molar-refractivity contribution is 5.80. The molecule has 0 saturated heterocycles. The Morgan fingerprint density at radius 3 is 2.43 bits per heavy atom. The summed E-state index contributed by atoms with van der Waals surface area (Å²) >= 11 is 0. The van der Waals surface area contributed by atoms with Crippen LogP contribution in [0.15, 0.2) is 22.7 Å². The number of benzene rings is 1. The lowest BCUT2D eigenvalue weighted by Gasteiger charge is -1.93. The molecule has 0 aliphatic rings. The number of alkyl halides is 3. The fourth-order valence-electron chi connectivity index (χ4n) is 1.68. The Kier molecular flexibility index (Phi) is 4.34. The van der Waals surface area contributed by atoms with Gasteiger partial charge in [0.1, 0.15) is 5.82 Å². The number of fused-ring (bicyclic) bond motifs is 1. The third kappa shape index (κ3) is 4.05. The van der Waals surface area contributed by atoms with Crippen molar-refractivity contribution in [3.63, 3.8) is 0 Å². The number of imidazole rings is 1.